The van der Waals surface area contributed by atoms with Gasteiger partial charge in [-0.2, -0.15) is 0 Å². The van der Waals surface area contributed by atoms with Crippen molar-refractivity contribution in [2.24, 2.45) is 0 Å². The minimum absolute atomic E-state index is 0.0175. The first kappa shape index (κ1) is 17.8. The van der Waals surface area contributed by atoms with Gasteiger partial charge in [0.25, 0.3) is 5.91 Å². The van der Waals surface area contributed by atoms with Gasteiger partial charge in [-0.1, -0.05) is 12.1 Å². The van der Waals surface area contributed by atoms with Gasteiger partial charge in [-0.25, -0.2) is 0 Å². The fourth-order valence-corrected chi connectivity index (χ4v) is 3.94. The van der Waals surface area contributed by atoms with Crippen LogP contribution in [-0.2, 0) is 0 Å². The molecule has 3 heterocycles. The van der Waals surface area contributed by atoms with Gasteiger partial charge >= 0.3 is 0 Å². The number of nitrogens with zero attached hydrogens (tertiary/aromatic N) is 5. The normalized spacial score (nSPS) is 17.5. The largest absolute Gasteiger partial charge is 0.368 e. The van der Waals surface area contributed by atoms with Gasteiger partial charge in [-0.3, -0.25) is 4.79 Å². The Balaban J connectivity index is 1.39. The Kier molecular flexibility index (Phi) is 4.97. The highest BCUT2D eigenvalue weighted by atomic mass is 16.2. The molecule has 6 heteroatoms. The van der Waals surface area contributed by atoms with E-state index in [0.29, 0.717) is 18.8 Å². The Labute approximate surface area is 160 Å². The number of hydrogen-bond donors (Lipinski definition) is 0. The zero-order valence-electron chi connectivity index (χ0n) is 16.2. The van der Waals surface area contributed by atoms with Crippen LogP contribution < -0.4 is 9.80 Å². The fourth-order valence-electron chi connectivity index (χ4n) is 3.94. The Morgan fingerprint density at radius 3 is 2.26 bits per heavy atom. The molecule has 0 saturated carbocycles. The predicted molar refractivity (Wildman–Crippen MR) is 108 cm³/mol. The van der Waals surface area contributed by atoms with Gasteiger partial charge in [0, 0.05) is 45.0 Å². The van der Waals surface area contributed by atoms with E-state index >= 15 is 0 Å². The number of aryl methyl sites for hydroxylation is 1. The topological polar surface area (TPSA) is 52.6 Å². The van der Waals surface area contributed by atoms with Crippen LogP contribution >= 0.6 is 0 Å². The highest BCUT2D eigenvalue weighted by Gasteiger charge is 2.24. The zero-order valence-corrected chi connectivity index (χ0v) is 16.2. The van der Waals surface area contributed by atoms with Crippen LogP contribution in [0.3, 0.4) is 0 Å². The van der Waals surface area contributed by atoms with Crippen molar-refractivity contribution in [3.05, 3.63) is 47.2 Å². The Bertz CT molecular complexity index is 806. The lowest BCUT2D eigenvalue weighted by atomic mass is 10.1. The van der Waals surface area contributed by atoms with Crippen LogP contribution in [0.15, 0.2) is 30.3 Å². The number of carbonyl (C=O) groups is 1. The quantitative estimate of drug-likeness (QED) is 0.837. The maximum Gasteiger partial charge on any atom is 0.274 e. The summed E-state index contributed by atoms with van der Waals surface area (Å²) in [5.74, 6) is 0.861. The monoisotopic (exact) mass is 365 g/mol. The van der Waals surface area contributed by atoms with Gasteiger partial charge in [0.15, 0.2) is 11.5 Å². The van der Waals surface area contributed by atoms with E-state index in [1.807, 2.05) is 17.0 Å². The Morgan fingerprint density at radius 1 is 0.852 bits per heavy atom. The van der Waals surface area contributed by atoms with Crippen molar-refractivity contribution >= 4 is 17.4 Å². The van der Waals surface area contributed by atoms with Crippen LogP contribution in [0.5, 0.6) is 0 Å². The van der Waals surface area contributed by atoms with Crippen molar-refractivity contribution < 1.29 is 4.79 Å². The molecule has 0 unspecified atom stereocenters. The number of rotatable bonds is 3. The minimum Gasteiger partial charge on any atom is -0.368 e. The molecule has 2 saturated heterocycles. The molecule has 0 atom stereocenters. The summed E-state index contributed by atoms with van der Waals surface area (Å²) in [6, 6.07) is 10.2. The molecule has 0 bridgehead atoms. The average Bonchev–Trinajstić information content (AvgIpc) is 3.25. The van der Waals surface area contributed by atoms with Gasteiger partial charge in [0.1, 0.15) is 0 Å². The van der Waals surface area contributed by atoms with Crippen LogP contribution in [0.2, 0.25) is 0 Å². The maximum absolute atomic E-state index is 12.8. The van der Waals surface area contributed by atoms with Crippen LogP contribution in [0, 0.1) is 13.8 Å². The summed E-state index contributed by atoms with van der Waals surface area (Å²) in [6.07, 6.45) is 2.40. The lowest BCUT2D eigenvalue weighted by Crippen LogP contribution is -2.49. The van der Waals surface area contributed by atoms with Crippen molar-refractivity contribution in [2.75, 3.05) is 49.1 Å². The van der Waals surface area contributed by atoms with Crippen LogP contribution in [-0.4, -0.2) is 60.3 Å². The molecule has 4 rings (SSSR count). The smallest absolute Gasteiger partial charge is 0.274 e. The van der Waals surface area contributed by atoms with Crippen molar-refractivity contribution in [1.29, 1.82) is 0 Å². The fraction of sp³-hybridized carbons (Fsp3) is 0.476. The van der Waals surface area contributed by atoms with Crippen molar-refractivity contribution in [3.63, 3.8) is 0 Å². The molecule has 2 aromatic rings. The third-order valence-corrected chi connectivity index (χ3v) is 5.78. The van der Waals surface area contributed by atoms with E-state index in [-0.39, 0.29) is 5.91 Å². The highest BCUT2D eigenvalue weighted by Crippen LogP contribution is 2.24. The third-order valence-electron chi connectivity index (χ3n) is 5.78. The molecule has 0 radical (unpaired) electrons. The van der Waals surface area contributed by atoms with E-state index in [1.54, 1.807) is 0 Å². The van der Waals surface area contributed by atoms with Crippen molar-refractivity contribution in [2.45, 2.75) is 26.7 Å². The Hall–Kier alpha value is -2.63. The molecule has 27 heavy (non-hydrogen) atoms. The van der Waals surface area contributed by atoms with Crippen LogP contribution in [0.25, 0.3) is 0 Å². The van der Waals surface area contributed by atoms with Gasteiger partial charge in [-0.05, 0) is 56.0 Å². The number of carbonyl (C=O) groups excluding carboxylic acids is 1. The van der Waals surface area contributed by atoms with E-state index in [9.17, 15) is 4.79 Å². The number of hydrogen-bond acceptors (Lipinski definition) is 5. The zero-order chi connectivity index (χ0) is 18.8. The summed E-state index contributed by atoms with van der Waals surface area (Å²) in [6.45, 7) is 9.47. The number of anilines is 2. The molecule has 1 aromatic heterocycles. The average molecular weight is 365 g/mol. The van der Waals surface area contributed by atoms with Gasteiger partial charge in [-0.15, -0.1) is 10.2 Å². The molecule has 0 spiro atoms. The molecular weight excluding hydrogens is 338 g/mol. The molecule has 142 valence electrons. The highest BCUT2D eigenvalue weighted by molar-refractivity contribution is 5.92. The number of aromatic nitrogens is 2. The second-order valence-corrected chi connectivity index (χ2v) is 7.47. The SMILES string of the molecule is Cc1cccc(N2CCN(C(=O)c3ccc(N4CCCC4)nn3)CC2)c1C. The number of benzene rings is 1. The minimum atomic E-state index is -0.0175. The van der Waals surface area contributed by atoms with E-state index < -0.39 is 0 Å². The van der Waals surface area contributed by atoms with E-state index in [2.05, 4.69) is 52.0 Å². The summed E-state index contributed by atoms with van der Waals surface area (Å²) in [7, 11) is 0. The molecular formula is C21H27N5O. The summed E-state index contributed by atoms with van der Waals surface area (Å²) in [4.78, 5) is 19.3. The lowest BCUT2D eigenvalue weighted by Gasteiger charge is -2.36. The van der Waals surface area contributed by atoms with Crippen LogP contribution in [0.1, 0.15) is 34.5 Å². The molecule has 2 fully saturated rings. The molecule has 0 aliphatic carbocycles. The summed E-state index contributed by atoms with van der Waals surface area (Å²) < 4.78 is 0. The first-order valence-corrected chi connectivity index (χ1v) is 9.82. The number of amides is 1. The first-order valence-electron chi connectivity index (χ1n) is 9.82. The van der Waals surface area contributed by atoms with Crippen molar-refractivity contribution in [1.82, 2.24) is 15.1 Å². The van der Waals surface area contributed by atoms with Gasteiger partial charge in [0.2, 0.25) is 0 Å². The molecule has 2 aliphatic heterocycles. The molecule has 2 aliphatic rings. The Morgan fingerprint density at radius 2 is 1.59 bits per heavy atom. The lowest BCUT2D eigenvalue weighted by molar-refractivity contribution is 0.0739. The van der Waals surface area contributed by atoms with Crippen molar-refractivity contribution in [3.8, 4) is 0 Å². The van der Waals surface area contributed by atoms with Gasteiger partial charge in [0.05, 0.1) is 0 Å². The molecule has 1 amide bonds. The summed E-state index contributed by atoms with van der Waals surface area (Å²) >= 11 is 0. The van der Waals surface area contributed by atoms with E-state index in [1.165, 1.54) is 29.7 Å². The molecule has 6 nitrogen and oxygen atoms in total. The summed E-state index contributed by atoms with van der Waals surface area (Å²) in [5.41, 5.74) is 4.34. The predicted octanol–water partition coefficient (Wildman–Crippen LogP) is 2.66. The first-order chi connectivity index (χ1) is 13.1. The van der Waals surface area contributed by atoms with Crippen LogP contribution in [0.4, 0.5) is 11.5 Å². The van der Waals surface area contributed by atoms with E-state index in [4.69, 9.17) is 0 Å². The summed E-state index contributed by atoms with van der Waals surface area (Å²) in [5, 5.41) is 8.48. The van der Waals surface area contributed by atoms with E-state index in [0.717, 1.165) is 32.0 Å². The maximum atomic E-state index is 12.8. The second kappa shape index (κ2) is 7.55. The second-order valence-electron chi connectivity index (χ2n) is 7.47. The van der Waals surface area contributed by atoms with Gasteiger partial charge < -0.3 is 14.7 Å². The molecule has 0 N–H and O–H groups in total. The molecule has 1 aromatic carbocycles. The standard InChI is InChI=1S/C21H27N5O/c1-16-6-5-7-19(17(16)2)24-12-14-26(15-13-24)21(27)18-8-9-20(23-22-18)25-10-3-4-11-25/h5-9H,3-4,10-15H2,1-2H3. The number of piperazine rings is 1. The third kappa shape index (κ3) is 3.61.